The summed E-state index contributed by atoms with van der Waals surface area (Å²) in [5.41, 5.74) is 0.783. The highest BCUT2D eigenvalue weighted by atomic mass is 35.5. The molecule has 2 N–H and O–H groups in total. The molecule has 0 amide bonds. The monoisotopic (exact) mass is 312 g/mol. The Labute approximate surface area is 111 Å². The van der Waals surface area contributed by atoms with E-state index in [0.29, 0.717) is 5.56 Å². The number of sulfonamides is 2. The highest BCUT2D eigenvalue weighted by Crippen LogP contribution is 2.21. The molecule has 1 aromatic rings. The van der Waals surface area contributed by atoms with Crippen LogP contribution in [0.1, 0.15) is 5.56 Å². The average Bonchev–Trinajstić information content (AvgIpc) is 2.31. The third-order valence-electron chi connectivity index (χ3n) is 2.20. The number of rotatable bonds is 5. The second-order valence-corrected chi connectivity index (χ2v) is 7.70. The van der Waals surface area contributed by atoms with Crippen molar-refractivity contribution in [2.75, 3.05) is 17.0 Å². The number of benzene rings is 1. The zero-order valence-corrected chi connectivity index (χ0v) is 12.2. The van der Waals surface area contributed by atoms with E-state index < -0.39 is 25.3 Å². The first-order valence-corrected chi connectivity index (χ1v) is 8.49. The Morgan fingerprint density at radius 1 is 1.22 bits per heavy atom. The lowest BCUT2D eigenvalue weighted by Gasteiger charge is -2.10. The van der Waals surface area contributed by atoms with Gasteiger partial charge in [-0.25, -0.2) is 21.6 Å². The maximum atomic E-state index is 11.6. The molecule has 0 heterocycles. The van der Waals surface area contributed by atoms with Crippen molar-refractivity contribution < 1.29 is 16.8 Å². The van der Waals surface area contributed by atoms with Gasteiger partial charge in [0.15, 0.2) is 0 Å². The number of anilines is 1. The third-order valence-corrected chi connectivity index (χ3v) is 5.29. The van der Waals surface area contributed by atoms with Gasteiger partial charge in [0.25, 0.3) is 0 Å². The summed E-state index contributed by atoms with van der Waals surface area (Å²) < 4.78 is 50.2. The van der Waals surface area contributed by atoms with Crippen molar-refractivity contribution in [2.24, 2.45) is 0 Å². The molecule has 0 aliphatic carbocycles. The predicted molar refractivity (Wildman–Crippen MR) is 70.7 cm³/mol. The van der Waals surface area contributed by atoms with Gasteiger partial charge in [0.1, 0.15) is 5.21 Å². The molecule has 9 heteroatoms. The minimum absolute atomic E-state index is 0.0251. The van der Waals surface area contributed by atoms with Crippen LogP contribution >= 0.6 is 11.6 Å². The predicted octanol–water partition coefficient (Wildman–Crippen LogP) is 0.841. The standard InChI is InChI=1S/C9H13ClN2O4S2/c1-7-3-4-8(18(15,16)11-2)5-9(7)12-17(13,14)6-10/h3-5,11-12H,6H2,1-2H3. The number of nitrogens with one attached hydrogen (secondary N) is 2. The highest BCUT2D eigenvalue weighted by molar-refractivity contribution is 7.93. The van der Waals surface area contributed by atoms with Crippen LogP contribution in [0.4, 0.5) is 5.69 Å². The van der Waals surface area contributed by atoms with Crippen molar-refractivity contribution in [2.45, 2.75) is 11.8 Å². The number of hydrogen-bond acceptors (Lipinski definition) is 4. The maximum absolute atomic E-state index is 11.6. The summed E-state index contributed by atoms with van der Waals surface area (Å²) in [4.78, 5) is -0.0251. The largest absolute Gasteiger partial charge is 0.282 e. The maximum Gasteiger partial charge on any atom is 0.246 e. The first kappa shape index (κ1) is 15.2. The molecule has 6 nitrogen and oxygen atoms in total. The second kappa shape index (κ2) is 5.43. The molecular weight excluding hydrogens is 300 g/mol. The molecule has 0 radical (unpaired) electrons. The zero-order chi connectivity index (χ0) is 14.0. The molecule has 0 aliphatic heterocycles. The van der Waals surface area contributed by atoms with Crippen molar-refractivity contribution in [1.29, 1.82) is 0 Å². The van der Waals surface area contributed by atoms with Crippen LogP contribution < -0.4 is 9.44 Å². The van der Waals surface area contributed by atoms with E-state index in [1.807, 2.05) is 0 Å². The molecule has 1 aromatic carbocycles. The summed E-state index contributed by atoms with van der Waals surface area (Å²) in [5.74, 6) is 0. The van der Waals surface area contributed by atoms with Crippen LogP contribution in [-0.4, -0.2) is 29.1 Å². The summed E-state index contributed by atoms with van der Waals surface area (Å²) in [5, 5.41) is -0.602. The van der Waals surface area contributed by atoms with Gasteiger partial charge in [-0.1, -0.05) is 6.07 Å². The fourth-order valence-corrected chi connectivity index (χ4v) is 2.72. The Hall–Kier alpha value is -0.830. The number of aryl methyl sites for hydroxylation is 1. The first-order chi connectivity index (χ1) is 8.22. The number of alkyl halides is 1. The van der Waals surface area contributed by atoms with Crippen molar-refractivity contribution in [1.82, 2.24) is 4.72 Å². The van der Waals surface area contributed by atoms with Gasteiger partial charge >= 0.3 is 0 Å². The van der Waals surface area contributed by atoms with Gasteiger partial charge in [0, 0.05) is 0 Å². The van der Waals surface area contributed by atoms with Crippen LogP contribution in [0.2, 0.25) is 0 Å². The minimum atomic E-state index is -3.66. The molecule has 0 fully saturated rings. The van der Waals surface area contributed by atoms with Crippen LogP contribution in [0.15, 0.2) is 23.1 Å². The molecule has 0 aliphatic rings. The summed E-state index contributed by atoms with van der Waals surface area (Å²) in [6, 6.07) is 4.14. The highest BCUT2D eigenvalue weighted by Gasteiger charge is 2.15. The van der Waals surface area contributed by atoms with Gasteiger partial charge in [-0.2, -0.15) is 0 Å². The van der Waals surface area contributed by atoms with E-state index >= 15 is 0 Å². The summed E-state index contributed by atoms with van der Waals surface area (Å²) in [7, 11) is -6.01. The van der Waals surface area contributed by atoms with Gasteiger partial charge in [-0.05, 0) is 31.7 Å². The van der Waals surface area contributed by atoms with Gasteiger partial charge in [0.2, 0.25) is 20.0 Å². The molecule has 0 saturated heterocycles. The lowest BCUT2D eigenvalue weighted by molar-refractivity contribution is 0.588. The van der Waals surface area contributed by atoms with Gasteiger partial charge in [-0.15, -0.1) is 11.6 Å². The smallest absolute Gasteiger partial charge is 0.246 e. The van der Waals surface area contributed by atoms with Crippen molar-refractivity contribution in [3.63, 3.8) is 0 Å². The molecular formula is C9H13ClN2O4S2. The van der Waals surface area contributed by atoms with Gasteiger partial charge in [0.05, 0.1) is 10.6 Å². The van der Waals surface area contributed by atoms with E-state index in [1.165, 1.54) is 25.2 Å². The summed E-state index contributed by atoms with van der Waals surface area (Å²) in [6.45, 7) is 1.65. The van der Waals surface area contributed by atoms with Crippen molar-refractivity contribution >= 4 is 37.3 Å². The van der Waals surface area contributed by atoms with Crippen LogP contribution in [0, 0.1) is 6.92 Å². The summed E-state index contributed by atoms with van der Waals surface area (Å²) in [6.07, 6.45) is 0. The zero-order valence-electron chi connectivity index (χ0n) is 9.77. The Bertz CT molecular complexity index is 641. The van der Waals surface area contributed by atoms with Gasteiger partial charge < -0.3 is 0 Å². The summed E-state index contributed by atoms with van der Waals surface area (Å²) >= 11 is 5.27. The Morgan fingerprint density at radius 2 is 1.83 bits per heavy atom. The molecule has 0 aromatic heterocycles. The average molecular weight is 313 g/mol. The van der Waals surface area contributed by atoms with Crippen LogP contribution in [0.5, 0.6) is 0 Å². The molecule has 0 spiro atoms. The molecule has 18 heavy (non-hydrogen) atoms. The number of hydrogen-bond donors (Lipinski definition) is 2. The van der Waals surface area contributed by atoms with Crippen molar-refractivity contribution in [3.05, 3.63) is 23.8 Å². The molecule has 102 valence electrons. The minimum Gasteiger partial charge on any atom is -0.282 e. The van der Waals surface area contributed by atoms with E-state index in [2.05, 4.69) is 9.44 Å². The van der Waals surface area contributed by atoms with E-state index in [1.54, 1.807) is 6.92 Å². The topological polar surface area (TPSA) is 92.3 Å². The lowest BCUT2D eigenvalue weighted by atomic mass is 10.2. The number of halogens is 1. The second-order valence-electron chi connectivity index (χ2n) is 3.51. The van der Waals surface area contributed by atoms with E-state index in [-0.39, 0.29) is 10.6 Å². The van der Waals surface area contributed by atoms with Crippen LogP contribution in [0.25, 0.3) is 0 Å². The first-order valence-electron chi connectivity index (χ1n) is 4.82. The quantitative estimate of drug-likeness (QED) is 0.788. The molecule has 0 bridgehead atoms. The van der Waals surface area contributed by atoms with Crippen molar-refractivity contribution in [3.8, 4) is 0 Å². The molecule has 1 rings (SSSR count). The van der Waals surface area contributed by atoms with E-state index in [9.17, 15) is 16.8 Å². The van der Waals surface area contributed by atoms with Gasteiger partial charge in [-0.3, -0.25) is 4.72 Å². The fraction of sp³-hybridized carbons (Fsp3) is 0.333. The normalized spacial score (nSPS) is 12.4. The Balaban J connectivity index is 3.27. The Morgan fingerprint density at radius 3 is 2.33 bits per heavy atom. The molecule has 0 unspecified atom stereocenters. The van der Waals surface area contributed by atoms with E-state index in [4.69, 9.17) is 11.6 Å². The van der Waals surface area contributed by atoms with Crippen LogP contribution in [0.3, 0.4) is 0 Å². The third kappa shape index (κ3) is 3.58. The SMILES string of the molecule is CNS(=O)(=O)c1ccc(C)c(NS(=O)(=O)CCl)c1. The van der Waals surface area contributed by atoms with E-state index in [0.717, 1.165) is 0 Å². The molecule has 0 saturated carbocycles. The van der Waals surface area contributed by atoms with Crippen LogP contribution in [-0.2, 0) is 20.0 Å². The lowest BCUT2D eigenvalue weighted by Crippen LogP contribution is -2.19. The molecule has 0 atom stereocenters. The Kier molecular flexibility index (Phi) is 4.60. The fourth-order valence-electron chi connectivity index (χ4n) is 1.19.